The lowest BCUT2D eigenvalue weighted by atomic mass is 9.91. The lowest BCUT2D eigenvalue weighted by Crippen LogP contribution is -2.56. The van der Waals surface area contributed by atoms with E-state index in [9.17, 15) is 9.59 Å². The number of hydrogen-bond acceptors (Lipinski definition) is 4. The van der Waals surface area contributed by atoms with E-state index in [-0.39, 0.29) is 17.9 Å². The fourth-order valence-electron chi connectivity index (χ4n) is 4.92. The van der Waals surface area contributed by atoms with Gasteiger partial charge in [0.15, 0.2) is 0 Å². The molecule has 0 radical (unpaired) electrons. The quantitative estimate of drug-likeness (QED) is 0.778. The zero-order valence-electron chi connectivity index (χ0n) is 19.1. The van der Waals surface area contributed by atoms with Gasteiger partial charge in [-0.2, -0.15) is 0 Å². The molecule has 6 heteroatoms. The van der Waals surface area contributed by atoms with Crippen molar-refractivity contribution in [1.29, 1.82) is 0 Å². The van der Waals surface area contributed by atoms with Gasteiger partial charge in [0, 0.05) is 45.0 Å². The minimum absolute atomic E-state index is 0.0322. The van der Waals surface area contributed by atoms with Crippen molar-refractivity contribution < 1.29 is 9.59 Å². The van der Waals surface area contributed by atoms with Crippen molar-refractivity contribution in [2.45, 2.75) is 46.6 Å². The van der Waals surface area contributed by atoms with Crippen molar-refractivity contribution in [3.8, 4) is 0 Å². The standard InChI is InChI=1S/C24H38N4O2/c1-5-21-8-6-7-9-22(21)25-23(29)17-26-10-12-27(13-11-26)20(4)24(30)28-15-18(2)14-19(3)16-28/h6-9,18-20H,5,10-17H2,1-4H3,(H,25,29)/t18-,19-,20-/m1/s1. The summed E-state index contributed by atoms with van der Waals surface area (Å²) in [7, 11) is 0. The molecule has 2 saturated heterocycles. The third-order valence-corrected chi connectivity index (χ3v) is 6.53. The molecular weight excluding hydrogens is 376 g/mol. The third kappa shape index (κ3) is 5.82. The number of hydrogen-bond donors (Lipinski definition) is 1. The third-order valence-electron chi connectivity index (χ3n) is 6.53. The maximum atomic E-state index is 13.0. The molecule has 0 bridgehead atoms. The number of nitrogens with zero attached hydrogens (tertiary/aromatic N) is 3. The molecule has 1 aromatic rings. The number of amides is 2. The largest absolute Gasteiger partial charge is 0.341 e. The molecule has 2 fully saturated rings. The van der Waals surface area contributed by atoms with Crippen molar-refractivity contribution in [2.75, 3.05) is 51.1 Å². The molecule has 2 heterocycles. The highest BCUT2D eigenvalue weighted by Crippen LogP contribution is 2.22. The first-order valence-corrected chi connectivity index (χ1v) is 11.5. The van der Waals surface area contributed by atoms with E-state index in [0.29, 0.717) is 18.4 Å². The average Bonchev–Trinajstić information content (AvgIpc) is 2.73. The molecular formula is C24H38N4O2. The Morgan fingerprint density at radius 2 is 1.70 bits per heavy atom. The maximum Gasteiger partial charge on any atom is 0.239 e. The van der Waals surface area contributed by atoms with Gasteiger partial charge in [-0.05, 0) is 43.2 Å². The summed E-state index contributed by atoms with van der Waals surface area (Å²) in [6.45, 7) is 14.0. The van der Waals surface area contributed by atoms with Gasteiger partial charge in [0.05, 0.1) is 12.6 Å². The van der Waals surface area contributed by atoms with Crippen LogP contribution in [0.5, 0.6) is 0 Å². The summed E-state index contributed by atoms with van der Waals surface area (Å²) in [6, 6.07) is 7.88. The van der Waals surface area contributed by atoms with Gasteiger partial charge >= 0.3 is 0 Å². The number of aryl methyl sites for hydroxylation is 1. The Bertz CT molecular complexity index is 720. The fourth-order valence-corrected chi connectivity index (χ4v) is 4.92. The van der Waals surface area contributed by atoms with Crippen LogP contribution in [0.2, 0.25) is 0 Å². The first-order chi connectivity index (χ1) is 14.4. The minimum Gasteiger partial charge on any atom is -0.341 e. The van der Waals surface area contributed by atoms with Crippen LogP contribution in [0.3, 0.4) is 0 Å². The molecule has 1 aromatic carbocycles. The second-order valence-corrected chi connectivity index (χ2v) is 9.24. The number of likely N-dealkylation sites (tertiary alicyclic amines) is 1. The Hall–Kier alpha value is -1.92. The predicted octanol–water partition coefficient (Wildman–Crippen LogP) is 2.70. The van der Waals surface area contributed by atoms with Gasteiger partial charge in [0.25, 0.3) is 0 Å². The topological polar surface area (TPSA) is 55.9 Å². The molecule has 2 amide bonds. The van der Waals surface area contributed by atoms with E-state index in [1.807, 2.05) is 25.1 Å². The first-order valence-electron chi connectivity index (χ1n) is 11.5. The molecule has 0 aliphatic carbocycles. The van der Waals surface area contributed by atoms with Gasteiger partial charge in [0.1, 0.15) is 0 Å². The summed E-state index contributed by atoms with van der Waals surface area (Å²) >= 11 is 0. The molecule has 1 N–H and O–H groups in total. The van der Waals surface area contributed by atoms with E-state index in [4.69, 9.17) is 0 Å². The normalized spacial score (nSPS) is 24.5. The zero-order valence-corrected chi connectivity index (χ0v) is 19.1. The fraction of sp³-hybridized carbons (Fsp3) is 0.667. The highest BCUT2D eigenvalue weighted by Gasteiger charge is 2.32. The molecule has 166 valence electrons. The summed E-state index contributed by atoms with van der Waals surface area (Å²) in [6.07, 6.45) is 2.11. The molecule has 3 atom stereocenters. The monoisotopic (exact) mass is 414 g/mol. The number of piperidine rings is 1. The number of piperazine rings is 1. The zero-order chi connectivity index (χ0) is 21.7. The predicted molar refractivity (Wildman–Crippen MR) is 121 cm³/mol. The van der Waals surface area contributed by atoms with E-state index in [1.54, 1.807) is 0 Å². The van der Waals surface area contributed by atoms with Crippen molar-refractivity contribution >= 4 is 17.5 Å². The van der Waals surface area contributed by atoms with Crippen molar-refractivity contribution in [2.24, 2.45) is 11.8 Å². The van der Waals surface area contributed by atoms with Gasteiger partial charge < -0.3 is 10.2 Å². The molecule has 0 saturated carbocycles. The number of para-hydroxylation sites is 1. The number of anilines is 1. The van der Waals surface area contributed by atoms with Crippen LogP contribution in [-0.2, 0) is 16.0 Å². The van der Waals surface area contributed by atoms with Crippen LogP contribution in [0.15, 0.2) is 24.3 Å². The highest BCUT2D eigenvalue weighted by atomic mass is 16.2. The summed E-state index contributed by atoms with van der Waals surface area (Å²) in [5.41, 5.74) is 2.07. The number of carbonyl (C=O) groups excluding carboxylic acids is 2. The summed E-state index contributed by atoms with van der Waals surface area (Å²) < 4.78 is 0. The smallest absolute Gasteiger partial charge is 0.239 e. The van der Waals surface area contributed by atoms with E-state index in [2.05, 4.69) is 46.9 Å². The van der Waals surface area contributed by atoms with Crippen LogP contribution in [0.4, 0.5) is 5.69 Å². The Balaban J connectivity index is 1.46. The van der Waals surface area contributed by atoms with Crippen LogP contribution in [0, 0.1) is 11.8 Å². The van der Waals surface area contributed by atoms with E-state index in [0.717, 1.165) is 56.9 Å². The minimum atomic E-state index is -0.0880. The van der Waals surface area contributed by atoms with Crippen LogP contribution < -0.4 is 5.32 Å². The van der Waals surface area contributed by atoms with Crippen LogP contribution in [-0.4, -0.2) is 78.4 Å². The number of rotatable bonds is 6. The van der Waals surface area contributed by atoms with Crippen LogP contribution in [0.25, 0.3) is 0 Å². The van der Waals surface area contributed by atoms with Gasteiger partial charge in [-0.1, -0.05) is 39.0 Å². The number of benzene rings is 1. The van der Waals surface area contributed by atoms with Gasteiger partial charge in [-0.25, -0.2) is 0 Å². The summed E-state index contributed by atoms with van der Waals surface area (Å²) in [5.74, 6) is 1.46. The van der Waals surface area contributed by atoms with Crippen molar-refractivity contribution in [3.63, 3.8) is 0 Å². The number of carbonyl (C=O) groups is 2. The second-order valence-electron chi connectivity index (χ2n) is 9.24. The maximum absolute atomic E-state index is 13.0. The van der Waals surface area contributed by atoms with E-state index >= 15 is 0 Å². The van der Waals surface area contributed by atoms with Crippen molar-refractivity contribution in [3.05, 3.63) is 29.8 Å². The first kappa shape index (κ1) is 22.8. The molecule has 30 heavy (non-hydrogen) atoms. The molecule has 6 nitrogen and oxygen atoms in total. The van der Waals surface area contributed by atoms with E-state index in [1.165, 1.54) is 6.42 Å². The highest BCUT2D eigenvalue weighted by molar-refractivity contribution is 5.93. The lowest BCUT2D eigenvalue weighted by Gasteiger charge is -2.41. The average molecular weight is 415 g/mol. The molecule has 0 unspecified atom stereocenters. The van der Waals surface area contributed by atoms with Gasteiger partial charge in [0.2, 0.25) is 11.8 Å². The Morgan fingerprint density at radius 1 is 1.07 bits per heavy atom. The summed E-state index contributed by atoms with van der Waals surface area (Å²) in [5, 5.41) is 3.06. The SMILES string of the molecule is CCc1ccccc1NC(=O)CN1CCN([C@H](C)C(=O)N2C[C@H](C)C[C@@H](C)C2)CC1. The summed E-state index contributed by atoms with van der Waals surface area (Å²) in [4.78, 5) is 32.0. The molecule has 2 aliphatic heterocycles. The van der Waals surface area contributed by atoms with Gasteiger partial charge in [-0.3, -0.25) is 19.4 Å². The Labute approximate surface area is 181 Å². The van der Waals surface area contributed by atoms with Crippen LogP contribution >= 0.6 is 0 Å². The van der Waals surface area contributed by atoms with E-state index < -0.39 is 0 Å². The Kier molecular flexibility index (Phi) is 7.89. The number of nitrogens with one attached hydrogen (secondary N) is 1. The Morgan fingerprint density at radius 3 is 2.33 bits per heavy atom. The molecule has 2 aliphatic rings. The molecule has 3 rings (SSSR count). The van der Waals surface area contributed by atoms with Gasteiger partial charge in [-0.15, -0.1) is 0 Å². The second kappa shape index (κ2) is 10.4. The van der Waals surface area contributed by atoms with Crippen LogP contribution in [0.1, 0.15) is 39.7 Å². The van der Waals surface area contributed by atoms with Crippen molar-refractivity contribution in [1.82, 2.24) is 14.7 Å². The lowest BCUT2D eigenvalue weighted by molar-refractivity contribution is -0.140. The molecule has 0 aromatic heterocycles. The molecule has 0 spiro atoms.